The Labute approximate surface area is 172 Å². The minimum atomic E-state index is -3.60. The monoisotopic (exact) mass is 416 g/mol. The summed E-state index contributed by atoms with van der Waals surface area (Å²) < 4.78 is 34.0. The number of benzene rings is 1. The zero-order valence-electron chi connectivity index (χ0n) is 16.7. The number of ether oxygens (including phenoxy) is 1. The molecule has 0 amide bonds. The maximum Gasteiger partial charge on any atom is 0.242 e. The van der Waals surface area contributed by atoms with E-state index in [1.54, 1.807) is 12.1 Å². The van der Waals surface area contributed by atoms with Crippen LogP contribution in [0.2, 0.25) is 0 Å². The fourth-order valence-electron chi connectivity index (χ4n) is 3.97. The summed E-state index contributed by atoms with van der Waals surface area (Å²) in [5, 5.41) is 0. The molecule has 8 heteroatoms. The van der Waals surface area contributed by atoms with Crippen molar-refractivity contribution in [2.24, 2.45) is 5.92 Å². The summed E-state index contributed by atoms with van der Waals surface area (Å²) in [5.74, 6) is 1.03. The van der Waals surface area contributed by atoms with E-state index in [1.807, 2.05) is 18.2 Å². The molecule has 0 spiro atoms. The normalized spacial score (nSPS) is 23.4. The molecular weight excluding hydrogens is 388 g/mol. The van der Waals surface area contributed by atoms with Crippen molar-refractivity contribution in [2.45, 2.75) is 24.4 Å². The summed E-state index contributed by atoms with van der Waals surface area (Å²) in [6.45, 7) is 7.38. The summed E-state index contributed by atoms with van der Waals surface area (Å²) in [6.07, 6.45) is 1.45. The molecule has 0 saturated carbocycles. The second-order valence-electron chi connectivity index (χ2n) is 7.84. The Hall–Kier alpha value is -2.00. The van der Waals surface area contributed by atoms with Gasteiger partial charge in [0.1, 0.15) is 10.7 Å². The fourth-order valence-corrected chi connectivity index (χ4v) is 5.25. The molecule has 7 nitrogen and oxygen atoms in total. The first-order valence-corrected chi connectivity index (χ1v) is 11.6. The molecule has 29 heavy (non-hydrogen) atoms. The van der Waals surface area contributed by atoms with E-state index >= 15 is 0 Å². The number of hydrogen-bond acceptors (Lipinski definition) is 6. The Morgan fingerprint density at radius 1 is 1.10 bits per heavy atom. The van der Waals surface area contributed by atoms with Crippen molar-refractivity contribution in [3.63, 3.8) is 0 Å². The van der Waals surface area contributed by atoms with Crippen LogP contribution in [-0.4, -0.2) is 63.7 Å². The molecule has 4 rings (SSSR count). The second kappa shape index (κ2) is 8.79. The van der Waals surface area contributed by atoms with Crippen LogP contribution in [0.4, 0.5) is 5.82 Å². The second-order valence-corrected chi connectivity index (χ2v) is 9.55. The van der Waals surface area contributed by atoms with E-state index in [-0.39, 0.29) is 16.9 Å². The fraction of sp³-hybridized carbons (Fsp3) is 0.476. The van der Waals surface area contributed by atoms with Gasteiger partial charge in [-0.2, -0.15) is 0 Å². The number of sulfonamides is 1. The average Bonchev–Trinajstić information content (AvgIpc) is 3.07. The smallest absolute Gasteiger partial charge is 0.242 e. The molecule has 156 valence electrons. The molecule has 0 bridgehead atoms. The van der Waals surface area contributed by atoms with Crippen LogP contribution in [0.1, 0.15) is 12.5 Å². The number of nitrogens with zero attached hydrogens (tertiary/aromatic N) is 3. The third kappa shape index (κ3) is 4.95. The van der Waals surface area contributed by atoms with E-state index in [1.165, 1.54) is 11.8 Å². The van der Waals surface area contributed by atoms with Crippen molar-refractivity contribution in [3.05, 3.63) is 54.2 Å². The third-order valence-electron chi connectivity index (χ3n) is 5.61. The number of rotatable bonds is 6. The van der Waals surface area contributed by atoms with Crippen LogP contribution >= 0.6 is 0 Å². The summed E-state index contributed by atoms with van der Waals surface area (Å²) in [7, 11) is -3.60. The molecule has 1 N–H and O–H groups in total. The van der Waals surface area contributed by atoms with E-state index in [2.05, 4.69) is 38.6 Å². The van der Waals surface area contributed by atoms with Gasteiger partial charge in [0.2, 0.25) is 10.0 Å². The van der Waals surface area contributed by atoms with Gasteiger partial charge >= 0.3 is 0 Å². The van der Waals surface area contributed by atoms with Gasteiger partial charge in [-0.1, -0.05) is 37.3 Å². The summed E-state index contributed by atoms with van der Waals surface area (Å²) in [4.78, 5) is 8.99. The molecular formula is C21H28N4O3S. The van der Waals surface area contributed by atoms with Gasteiger partial charge in [-0.25, -0.2) is 18.1 Å². The van der Waals surface area contributed by atoms with Crippen LogP contribution in [0, 0.1) is 5.92 Å². The molecule has 1 unspecified atom stereocenters. The lowest BCUT2D eigenvalue weighted by molar-refractivity contribution is 0.122. The highest BCUT2D eigenvalue weighted by atomic mass is 32.2. The lowest BCUT2D eigenvalue weighted by atomic mass is 10.1. The summed E-state index contributed by atoms with van der Waals surface area (Å²) >= 11 is 0. The largest absolute Gasteiger partial charge is 0.378 e. The first-order chi connectivity index (χ1) is 14.0. The van der Waals surface area contributed by atoms with E-state index in [0.29, 0.717) is 19.8 Å². The predicted molar refractivity (Wildman–Crippen MR) is 112 cm³/mol. The van der Waals surface area contributed by atoms with Crippen molar-refractivity contribution in [3.8, 4) is 0 Å². The minimum Gasteiger partial charge on any atom is -0.378 e. The van der Waals surface area contributed by atoms with Crippen molar-refractivity contribution in [1.29, 1.82) is 0 Å². The van der Waals surface area contributed by atoms with Crippen LogP contribution in [0.3, 0.4) is 0 Å². The minimum absolute atomic E-state index is 0.109. The van der Waals surface area contributed by atoms with Crippen LogP contribution in [0.25, 0.3) is 0 Å². The number of morpholine rings is 1. The maximum absolute atomic E-state index is 12.9. The van der Waals surface area contributed by atoms with E-state index in [4.69, 9.17) is 4.74 Å². The number of hydrogen-bond donors (Lipinski definition) is 1. The van der Waals surface area contributed by atoms with Gasteiger partial charge in [-0.05, 0) is 23.6 Å². The zero-order chi connectivity index (χ0) is 20.3. The Balaban J connectivity index is 1.39. The highest BCUT2D eigenvalue weighted by molar-refractivity contribution is 7.89. The molecule has 2 aliphatic rings. The van der Waals surface area contributed by atoms with Gasteiger partial charge in [0, 0.05) is 45.0 Å². The topological polar surface area (TPSA) is 74.8 Å². The highest BCUT2D eigenvalue weighted by Gasteiger charge is 2.33. The standard InChI is InChI=1S/C21H28N4O3S/c1-17-14-24(15-18-5-3-2-4-6-18)16-20(17)23-29(26,27)19-7-8-21(22-13-19)25-9-11-28-12-10-25/h2-8,13,17,20,23H,9-12,14-16H2,1H3/t17-,20?/m0/s1. The highest BCUT2D eigenvalue weighted by Crippen LogP contribution is 2.22. The summed E-state index contributed by atoms with van der Waals surface area (Å²) in [6, 6.07) is 13.6. The quantitative estimate of drug-likeness (QED) is 0.773. The molecule has 3 heterocycles. The Kier molecular flexibility index (Phi) is 6.15. The zero-order valence-corrected chi connectivity index (χ0v) is 17.5. The SMILES string of the molecule is C[C@H]1CN(Cc2ccccc2)CC1NS(=O)(=O)c1ccc(N2CCOCC2)nc1. The first kappa shape index (κ1) is 20.3. The first-order valence-electron chi connectivity index (χ1n) is 10.1. The predicted octanol–water partition coefficient (Wildman–Crippen LogP) is 1.72. The number of likely N-dealkylation sites (tertiary alicyclic amines) is 1. The molecule has 2 saturated heterocycles. The molecule has 1 aromatic heterocycles. The molecule has 0 aliphatic carbocycles. The number of pyridine rings is 1. The number of aromatic nitrogens is 1. The van der Waals surface area contributed by atoms with E-state index in [9.17, 15) is 8.42 Å². The lowest BCUT2D eigenvalue weighted by Crippen LogP contribution is -2.40. The van der Waals surface area contributed by atoms with Crippen molar-refractivity contribution < 1.29 is 13.2 Å². The number of nitrogens with one attached hydrogen (secondary N) is 1. The Bertz CT molecular complexity index is 899. The van der Waals surface area contributed by atoms with Gasteiger partial charge in [-0.3, -0.25) is 4.90 Å². The molecule has 2 fully saturated rings. The molecule has 2 aliphatic heterocycles. The van der Waals surface area contributed by atoms with Crippen molar-refractivity contribution in [1.82, 2.24) is 14.6 Å². The van der Waals surface area contributed by atoms with Crippen molar-refractivity contribution >= 4 is 15.8 Å². The lowest BCUT2D eigenvalue weighted by Gasteiger charge is -2.27. The molecule has 0 radical (unpaired) electrons. The Morgan fingerprint density at radius 3 is 2.55 bits per heavy atom. The van der Waals surface area contributed by atoms with Crippen LogP contribution in [0.5, 0.6) is 0 Å². The van der Waals surface area contributed by atoms with Gasteiger partial charge < -0.3 is 9.64 Å². The van der Waals surface area contributed by atoms with Gasteiger partial charge in [0.25, 0.3) is 0 Å². The number of anilines is 1. The van der Waals surface area contributed by atoms with E-state index < -0.39 is 10.0 Å². The average molecular weight is 417 g/mol. The van der Waals surface area contributed by atoms with Crippen molar-refractivity contribution in [2.75, 3.05) is 44.3 Å². The van der Waals surface area contributed by atoms with Crippen LogP contribution in [0.15, 0.2) is 53.6 Å². The van der Waals surface area contributed by atoms with Gasteiger partial charge in [0.15, 0.2) is 0 Å². The maximum atomic E-state index is 12.9. The Morgan fingerprint density at radius 2 is 1.86 bits per heavy atom. The molecule has 1 aromatic carbocycles. The third-order valence-corrected chi connectivity index (χ3v) is 7.08. The molecule has 2 atom stereocenters. The molecule has 2 aromatic rings. The summed E-state index contributed by atoms with van der Waals surface area (Å²) in [5.41, 5.74) is 1.24. The van der Waals surface area contributed by atoms with Gasteiger partial charge in [-0.15, -0.1) is 0 Å². The van der Waals surface area contributed by atoms with Crippen LogP contribution < -0.4 is 9.62 Å². The van der Waals surface area contributed by atoms with Crippen LogP contribution in [-0.2, 0) is 21.3 Å². The van der Waals surface area contributed by atoms with Gasteiger partial charge in [0.05, 0.1) is 13.2 Å². The van der Waals surface area contributed by atoms with E-state index in [0.717, 1.165) is 32.0 Å².